The summed E-state index contributed by atoms with van der Waals surface area (Å²) in [6.45, 7) is 0. The summed E-state index contributed by atoms with van der Waals surface area (Å²) in [7, 11) is 0. The molecule has 0 fully saturated rings. The van der Waals surface area contributed by atoms with Crippen LogP contribution in [0.1, 0.15) is 24.0 Å². The lowest BCUT2D eigenvalue weighted by atomic mass is 10.1. The number of thiophene rings is 1. The average Bonchev–Trinajstić information content (AvgIpc) is 2.88. The van der Waals surface area contributed by atoms with Crippen molar-refractivity contribution in [3.05, 3.63) is 51.9 Å². The topological polar surface area (TPSA) is 52.9 Å². The van der Waals surface area contributed by atoms with E-state index in [1.165, 1.54) is 11.3 Å². The van der Waals surface area contributed by atoms with Crippen molar-refractivity contribution in [2.45, 2.75) is 19.3 Å². The van der Waals surface area contributed by atoms with Gasteiger partial charge in [0.15, 0.2) is 0 Å². The van der Waals surface area contributed by atoms with E-state index in [9.17, 15) is 4.79 Å². The Morgan fingerprint density at radius 2 is 2.05 bits per heavy atom. The van der Waals surface area contributed by atoms with E-state index in [2.05, 4.69) is 11.4 Å². The van der Waals surface area contributed by atoms with Crippen molar-refractivity contribution in [3.8, 4) is 6.07 Å². The van der Waals surface area contributed by atoms with Crippen LogP contribution in [0.2, 0.25) is 5.02 Å². The highest BCUT2D eigenvalue weighted by molar-refractivity contribution is 7.14. The van der Waals surface area contributed by atoms with Crippen LogP contribution in [0.3, 0.4) is 0 Å². The van der Waals surface area contributed by atoms with Gasteiger partial charge in [-0.05, 0) is 42.0 Å². The van der Waals surface area contributed by atoms with Crippen LogP contribution in [0.5, 0.6) is 0 Å². The number of amides is 1. The quantitative estimate of drug-likeness (QED) is 0.898. The molecule has 20 heavy (non-hydrogen) atoms. The maximum Gasteiger partial charge on any atom is 0.225 e. The summed E-state index contributed by atoms with van der Waals surface area (Å²) in [6.07, 6.45) is 2.03. The van der Waals surface area contributed by atoms with E-state index in [1.807, 2.05) is 24.3 Å². The molecule has 3 nitrogen and oxygen atoms in total. The summed E-state index contributed by atoms with van der Waals surface area (Å²) in [5.74, 6) is -0.0575. The molecule has 1 amide bonds. The van der Waals surface area contributed by atoms with Gasteiger partial charge in [-0.15, -0.1) is 11.3 Å². The Balaban J connectivity index is 1.78. The van der Waals surface area contributed by atoms with Crippen LogP contribution in [0.15, 0.2) is 35.7 Å². The van der Waals surface area contributed by atoms with Gasteiger partial charge in [0.05, 0.1) is 5.56 Å². The molecule has 102 valence electrons. The summed E-state index contributed by atoms with van der Waals surface area (Å²) in [5.41, 5.74) is 1.68. The second-order valence-electron chi connectivity index (χ2n) is 4.30. The number of benzene rings is 1. The molecule has 1 aromatic heterocycles. The zero-order valence-electron chi connectivity index (χ0n) is 10.7. The highest BCUT2D eigenvalue weighted by Crippen LogP contribution is 2.22. The van der Waals surface area contributed by atoms with E-state index >= 15 is 0 Å². The number of anilines is 1. The molecular weight excluding hydrogens is 292 g/mol. The van der Waals surface area contributed by atoms with Crippen molar-refractivity contribution in [1.29, 1.82) is 5.26 Å². The Morgan fingerprint density at radius 1 is 1.30 bits per heavy atom. The largest absolute Gasteiger partial charge is 0.317 e. The fourth-order valence-corrected chi connectivity index (χ4v) is 2.67. The van der Waals surface area contributed by atoms with E-state index in [-0.39, 0.29) is 5.91 Å². The second-order valence-corrected chi connectivity index (χ2v) is 5.66. The first-order valence-corrected chi connectivity index (χ1v) is 7.46. The van der Waals surface area contributed by atoms with Gasteiger partial charge >= 0.3 is 0 Å². The molecule has 0 saturated carbocycles. The normalized spacial score (nSPS) is 10.0. The van der Waals surface area contributed by atoms with Gasteiger partial charge in [-0.3, -0.25) is 4.79 Å². The van der Waals surface area contributed by atoms with Crippen LogP contribution in [-0.2, 0) is 11.2 Å². The number of carbonyl (C=O) groups is 1. The third kappa shape index (κ3) is 4.09. The molecule has 5 heteroatoms. The standard InChI is InChI=1S/C15H13ClN2OS/c16-13-6-4-11(5-7-13)2-1-3-14(19)18-15-12(10-17)8-9-20-15/h4-9H,1-3H2,(H,18,19). The van der Waals surface area contributed by atoms with E-state index in [0.29, 0.717) is 22.0 Å². The first-order chi connectivity index (χ1) is 9.69. The van der Waals surface area contributed by atoms with Crippen LogP contribution in [0.25, 0.3) is 0 Å². The fourth-order valence-electron chi connectivity index (χ4n) is 1.79. The van der Waals surface area contributed by atoms with Crippen LogP contribution >= 0.6 is 22.9 Å². The van der Waals surface area contributed by atoms with Gasteiger partial charge < -0.3 is 5.32 Å². The average molecular weight is 305 g/mol. The molecule has 0 spiro atoms. The first kappa shape index (κ1) is 14.6. The van der Waals surface area contributed by atoms with Crippen molar-refractivity contribution in [3.63, 3.8) is 0 Å². The zero-order chi connectivity index (χ0) is 14.4. The van der Waals surface area contributed by atoms with Gasteiger partial charge in [-0.25, -0.2) is 0 Å². The second kappa shape index (κ2) is 7.09. The Labute approximate surface area is 126 Å². The third-order valence-electron chi connectivity index (χ3n) is 2.82. The van der Waals surface area contributed by atoms with E-state index < -0.39 is 0 Å². The smallest absolute Gasteiger partial charge is 0.225 e. The van der Waals surface area contributed by atoms with Gasteiger partial charge in [0.1, 0.15) is 11.1 Å². The van der Waals surface area contributed by atoms with Gasteiger partial charge in [0.2, 0.25) is 5.91 Å². The van der Waals surface area contributed by atoms with Gasteiger partial charge in [-0.1, -0.05) is 23.7 Å². The predicted molar refractivity (Wildman–Crippen MR) is 82.1 cm³/mol. The molecule has 2 rings (SSSR count). The van der Waals surface area contributed by atoms with Crippen LogP contribution in [0, 0.1) is 11.3 Å². The molecule has 2 aromatic rings. The number of nitriles is 1. The number of rotatable bonds is 5. The maximum atomic E-state index is 11.8. The minimum Gasteiger partial charge on any atom is -0.317 e. The summed E-state index contributed by atoms with van der Waals surface area (Å²) in [4.78, 5) is 11.8. The molecule has 0 bridgehead atoms. The molecular formula is C15H13ClN2OS. The van der Waals surface area contributed by atoms with Crippen molar-refractivity contribution >= 4 is 33.8 Å². The molecule has 1 aromatic carbocycles. The van der Waals surface area contributed by atoms with Gasteiger partial charge in [-0.2, -0.15) is 5.26 Å². The molecule has 0 unspecified atom stereocenters. The van der Waals surface area contributed by atoms with Crippen molar-refractivity contribution in [1.82, 2.24) is 0 Å². The SMILES string of the molecule is N#Cc1ccsc1NC(=O)CCCc1ccc(Cl)cc1. The molecule has 0 atom stereocenters. The minimum atomic E-state index is -0.0575. The lowest BCUT2D eigenvalue weighted by molar-refractivity contribution is -0.116. The molecule has 1 heterocycles. The van der Waals surface area contributed by atoms with E-state index in [0.717, 1.165) is 18.4 Å². The Morgan fingerprint density at radius 3 is 2.75 bits per heavy atom. The number of carbonyl (C=O) groups excluding carboxylic acids is 1. The molecule has 0 aliphatic heterocycles. The molecule has 0 aliphatic rings. The number of hydrogen-bond acceptors (Lipinski definition) is 3. The maximum absolute atomic E-state index is 11.8. The molecule has 0 saturated heterocycles. The number of nitrogens with zero attached hydrogens (tertiary/aromatic N) is 1. The molecule has 0 aliphatic carbocycles. The monoisotopic (exact) mass is 304 g/mol. The minimum absolute atomic E-state index is 0.0575. The van der Waals surface area contributed by atoms with E-state index in [4.69, 9.17) is 16.9 Å². The number of aryl methyl sites for hydroxylation is 1. The molecule has 1 N–H and O–H groups in total. The lowest BCUT2D eigenvalue weighted by Crippen LogP contribution is -2.11. The van der Waals surface area contributed by atoms with Gasteiger partial charge in [0, 0.05) is 11.4 Å². The Hall–Kier alpha value is -1.83. The Bertz CT molecular complexity index is 628. The number of hydrogen-bond donors (Lipinski definition) is 1. The summed E-state index contributed by atoms with van der Waals surface area (Å²) in [6, 6.07) is 11.4. The van der Waals surface area contributed by atoms with Crippen LogP contribution in [0.4, 0.5) is 5.00 Å². The highest BCUT2D eigenvalue weighted by Gasteiger charge is 2.07. The third-order valence-corrected chi connectivity index (χ3v) is 3.90. The number of halogens is 1. The fraction of sp³-hybridized carbons (Fsp3) is 0.200. The highest BCUT2D eigenvalue weighted by atomic mass is 35.5. The predicted octanol–water partition coefficient (Wildman–Crippen LogP) is 4.23. The first-order valence-electron chi connectivity index (χ1n) is 6.21. The summed E-state index contributed by atoms with van der Waals surface area (Å²) < 4.78 is 0. The van der Waals surface area contributed by atoms with Crippen LogP contribution in [-0.4, -0.2) is 5.91 Å². The zero-order valence-corrected chi connectivity index (χ0v) is 12.3. The molecule has 0 radical (unpaired) electrons. The Kier molecular flexibility index (Phi) is 5.16. The summed E-state index contributed by atoms with van der Waals surface area (Å²) >= 11 is 7.18. The van der Waals surface area contributed by atoms with E-state index in [1.54, 1.807) is 11.4 Å². The van der Waals surface area contributed by atoms with Crippen molar-refractivity contribution < 1.29 is 4.79 Å². The summed E-state index contributed by atoms with van der Waals surface area (Å²) in [5, 5.41) is 14.8. The van der Waals surface area contributed by atoms with Crippen molar-refractivity contribution in [2.24, 2.45) is 0 Å². The van der Waals surface area contributed by atoms with Gasteiger partial charge in [0.25, 0.3) is 0 Å². The lowest BCUT2D eigenvalue weighted by Gasteiger charge is -2.04. The van der Waals surface area contributed by atoms with Crippen LogP contribution < -0.4 is 5.32 Å². The van der Waals surface area contributed by atoms with Crippen molar-refractivity contribution in [2.75, 3.05) is 5.32 Å². The number of nitrogens with one attached hydrogen (secondary N) is 1.